The van der Waals surface area contributed by atoms with Gasteiger partial charge in [0.05, 0.1) is 16.8 Å². The normalized spacial score (nSPS) is 12.1. The first-order chi connectivity index (χ1) is 9.99. The highest BCUT2D eigenvalue weighted by Gasteiger charge is 2.09. The monoisotopic (exact) mass is 299 g/mol. The summed E-state index contributed by atoms with van der Waals surface area (Å²) >= 11 is 1.77. The summed E-state index contributed by atoms with van der Waals surface area (Å²) in [6.07, 6.45) is 4.33. The first-order valence-corrected chi connectivity index (χ1v) is 8.05. The van der Waals surface area contributed by atoms with E-state index in [9.17, 15) is 0 Å². The number of nitrogens with one attached hydrogen (secondary N) is 1. The fraction of sp³-hybridized carbons (Fsp3) is 0.353. The van der Waals surface area contributed by atoms with Gasteiger partial charge >= 0.3 is 0 Å². The van der Waals surface area contributed by atoms with Crippen molar-refractivity contribution in [3.8, 4) is 0 Å². The smallest absolute Gasteiger partial charge is 0.114 e. The summed E-state index contributed by atoms with van der Waals surface area (Å²) in [5.74, 6) is 0. The van der Waals surface area contributed by atoms with E-state index in [2.05, 4.69) is 72.3 Å². The molecule has 110 valence electrons. The molecule has 0 saturated heterocycles. The summed E-state index contributed by atoms with van der Waals surface area (Å²) in [5, 5.41) is 4.67. The lowest BCUT2D eigenvalue weighted by Gasteiger charge is -2.19. The molecule has 0 fully saturated rings. The zero-order chi connectivity index (χ0) is 14.9. The maximum atomic E-state index is 4.68. The average Bonchev–Trinajstić information content (AvgIpc) is 3.01. The number of rotatable bonds is 4. The quantitative estimate of drug-likeness (QED) is 0.788. The molecule has 21 heavy (non-hydrogen) atoms. The molecule has 0 aliphatic rings. The molecule has 3 rings (SSSR count). The van der Waals surface area contributed by atoms with E-state index in [1.165, 1.54) is 10.3 Å². The maximum Gasteiger partial charge on any atom is 0.114 e. The fourth-order valence-corrected chi connectivity index (χ4v) is 3.18. The Morgan fingerprint density at radius 1 is 1.19 bits per heavy atom. The molecule has 0 aliphatic heterocycles. The number of para-hydroxylation sites is 1. The third-order valence-electron chi connectivity index (χ3n) is 3.29. The number of hydrogen-bond donors (Lipinski definition) is 1. The molecule has 2 aromatic heterocycles. The second-order valence-corrected chi connectivity index (χ2v) is 7.49. The largest absolute Gasteiger partial charge is 0.347 e. The van der Waals surface area contributed by atoms with Crippen molar-refractivity contribution in [1.82, 2.24) is 14.9 Å². The second-order valence-electron chi connectivity index (χ2n) is 6.37. The van der Waals surface area contributed by atoms with E-state index < -0.39 is 0 Å². The van der Waals surface area contributed by atoms with Gasteiger partial charge in [0.25, 0.3) is 0 Å². The number of hydrogen-bond acceptors (Lipinski definition) is 3. The maximum absolute atomic E-state index is 4.68. The Kier molecular flexibility index (Phi) is 3.83. The second kappa shape index (κ2) is 5.62. The molecule has 0 atom stereocenters. The predicted molar refractivity (Wildman–Crippen MR) is 89.7 cm³/mol. The van der Waals surface area contributed by atoms with E-state index >= 15 is 0 Å². The third-order valence-corrected chi connectivity index (χ3v) is 4.31. The Labute approximate surface area is 129 Å². The molecule has 0 saturated carbocycles. The van der Waals surface area contributed by atoms with Gasteiger partial charge in [0, 0.05) is 24.5 Å². The van der Waals surface area contributed by atoms with Gasteiger partial charge in [-0.3, -0.25) is 0 Å². The SMILES string of the molecule is CC(C)(C)NCc1ccn(Cc2nc3ccccc3s2)c1. The van der Waals surface area contributed by atoms with Crippen LogP contribution in [-0.4, -0.2) is 15.1 Å². The fourth-order valence-electron chi connectivity index (χ4n) is 2.20. The summed E-state index contributed by atoms with van der Waals surface area (Å²) < 4.78 is 3.46. The lowest BCUT2D eigenvalue weighted by Crippen LogP contribution is -2.34. The molecule has 0 spiro atoms. The van der Waals surface area contributed by atoms with Gasteiger partial charge in [-0.2, -0.15) is 0 Å². The molecule has 4 heteroatoms. The first kappa shape index (κ1) is 14.3. The van der Waals surface area contributed by atoms with E-state index in [4.69, 9.17) is 0 Å². The average molecular weight is 299 g/mol. The van der Waals surface area contributed by atoms with Crippen LogP contribution < -0.4 is 5.32 Å². The van der Waals surface area contributed by atoms with Crippen LogP contribution in [0.1, 0.15) is 31.3 Å². The minimum atomic E-state index is 0.148. The summed E-state index contributed by atoms with van der Waals surface area (Å²) in [6.45, 7) is 8.30. The molecule has 0 amide bonds. The Morgan fingerprint density at radius 3 is 2.76 bits per heavy atom. The molecule has 0 radical (unpaired) electrons. The van der Waals surface area contributed by atoms with Crippen LogP contribution in [0.5, 0.6) is 0 Å². The van der Waals surface area contributed by atoms with Crippen molar-refractivity contribution in [3.05, 3.63) is 53.3 Å². The zero-order valence-electron chi connectivity index (χ0n) is 12.8. The van der Waals surface area contributed by atoms with Crippen LogP contribution in [0.15, 0.2) is 42.7 Å². The number of thiazole rings is 1. The molecule has 1 aromatic carbocycles. The Bertz CT molecular complexity index is 701. The van der Waals surface area contributed by atoms with E-state index in [1.54, 1.807) is 11.3 Å². The van der Waals surface area contributed by atoms with Gasteiger partial charge in [-0.15, -0.1) is 11.3 Å². The number of benzene rings is 1. The molecule has 2 heterocycles. The molecular weight excluding hydrogens is 278 g/mol. The van der Waals surface area contributed by atoms with Gasteiger partial charge in [-0.05, 0) is 44.5 Å². The van der Waals surface area contributed by atoms with Crippen molar-refractivity contribution in [3.63, 3.8) is 0 Å². The summed E-state index contributed by atoms with van der Waals surface area (Å²) in [5.41, 5.74) is 2.56. The highest BCUT2D eigenvalue weighted by molar-refractivity contribution is 7.18. The standard InChI is InChI=1S/C17H21N3S/c1-17(2,3)18-10-13-8-9-20(11-13)12-16-19-14-6-4-5-7-15(14)21-16/h4-9,11,18H,10,12H2,1-3H3. The highest BCUT2D eigenvalue weighted by Crippen LogP contribution is 2.22. The molecular formula is C17H21N3S. The minimum absolute atomic E-state index is 0.148. The molecule has 0 aliphatic carbocycles. The van der Waals surface area contributed by atoms with Gasteiger partial charge in [-0.25, -0.2) is 4.98 Å². The van der Waals surface area contributed by atoms with Gasteiger partial charge in [-0.1, -0.05) is 12.1 Å². The minimum Gasteiger partial charge on any atom is -0.347 e. The number of nitrogens with zero attached hydrogens (tertiary/aromatic N) is 2. The van der Waals surface area contributed by atoms with Crippen LogP contribution >= 0.6 is 11.3 Å². The van der Waals surface area contributed by atoms with Gasteiger partial charge in [0.2, 0.25) is 0 Å². The van der Waals surface area contributed by atoms with Crippen LogP contribution in [0, 0.1) is 0 Å². The number of fused-ring (bicyclic) bond motifs is 1. The molecule has 0 unspecified atom stereocenters. The molecule has 3 nitrogen and oxygen atoms in total. The van der Waals surface area contributed by atoms with Crippen molar-refractivity contribution in [1.29, 1.82) is 0 Å². The molecule has 1 N–H and O–H groups in total. The van der Waals surface area contributed by atoms with Gasteiger partial charge < -0.3 is 9.88 Å². The van der Waals surface area contributed by atoms with Crippen LogP contribution in [0.3, 0.4) is 0 Å². The lowest BCUT2D eigenvalue weighted by molar-refractivity contribution is 0.424. The van der Waals surface area contributed by atoms with E-state index in [0.717, 1.165) is 23.6 Å². The van der Waals surface area contributed by atoms with Crippen molar-refractivity contribution in [2.24, 2.45) is 0 Å². The van der Waals surface area contributed by atoms with Gasteiger partial charge in [0.15, 0.2) is 0 Å². The van der Waals surface area contributed by atoms with Crippen LogP contribution in [0.4, 0.5) is 0 Å². The lowest BCUT2D eigenvalue weighted by atomic mass is 10.1. The van der Waals surface area contributed by atoms with E-state index in [-0.39, 0.29) is 5.54 Å². The van der Waals surface area contributed by atoms with Crippen molar-refractivity contribution in [2.75, 3.05) is 0 Å². The summed E-state index contributed by atoms with van der Waals surface area (Å²) in [4.78, 5) is 4.68. The topological polar surface area (TPSA) is 29.9 Å². The third kappa shape index (κ3) is 3.71. The Hall–Kier alpha value is -1.65. The van der Waals surface area contributed by atoms with Crippen LogP contribution in [0.2, 0.25) is 0 Å². The summed E-state index contributed by atoms with van der Waals surface area (Å²) in [6, 6.07) is 10.5. The van der Waals surface area contributed by atoms with Crippen LogP contribution in [-0.2, 0) is 13.1 Å². The Morgan fingerprint density at radius 2 is 2.00 bits per heavy atom. The predicted octanol–water partition coefficient (Wildman–Crippen LogP) is 4.03. The molecule has 0 bridgehead atoms. The zero-order valence-corrected chi connectivity index (χ0v) is 13.6. The first-order valence-electron chi connectivity index (χ1n) is 7.24. The highest BCUT2D eigenvalue weighted by atomic mass is 32.1. The molecule has 3 aromatic rings. The Balaban J connectivity index is 1.69. The number of aromatic nitrogens is 2. The van der Waals surface area contributed by atoms with Crippen molar-refractivity contribution in [2.45, 2.75) is 39.4 Å². The van der Waals surface area contributed by atoms with Gasteiger partial charge in [0.1, 0.15) is 5.01 Å². The summed E-state index contributed by atoms with van der Waals surface area (Å²) in [7, 11) is 0. The van der Waals surface area contributed by atoms with Crippen molar-refractivity contribution >= 4 is 21.6 Å². The van der Waals surface area contributed by atoms with Crippen molar-refractivity contribution < 1.29 is 0 Å². The van der Waals surface area contributed by atoms with Crippen LogP contribution in [0.25, 0.3) is 10.2 Å². The van der Waals surface area contributed by atoms with E-state index in [1.807, 2.05) is 6.07 Å². The van der Waals surface area contributed by atoms with E-state index in [0.29, 0.717) is 0 Å².